The van der Waals surface area contributed by atoms with Crippen LogP contribution in [0.15, 0.2) is 41.8 Å². The molecule has 1 N–H and O–H groups in total. The number of thiophene rings is 1. The highest BCUT2D eigenvalue weighted by Crippen LogP contribution is 2.19. The molecule has 140 valence electrons. The number of hydrogen-bond donors (Lipinski definition) is 1. The summed E-state index contributed by atoms with van der Waals surface area (Å²) in [6.45, 7) is 8.88. The van der Waals surface area contributed by atoms with E-state index in [1.165, 1.54) is 10.6 Å². The molecule has 2 aromatic rings. The van der Waals surface area contributed by atoms with E-state index in [4.69, 9.17) is 0 Å². The summed E-state index contributed by atoms with van der Waals surface area (Å²) in [5.41, 5.74) is 2.09. The first-order chi connectivity index (χ1) is 12.6. The number of benzene rings is 1. The third kappa shape index (κ3) is 5.30. The van der Waals surface area contributed by atoms with E-state index >= 15 is 0 Å². The van der Waals surface area contributed by atoms with Crippen molar-refractivity contribution in [2.45, 2.75) is 13.5 Å². The van der Waals surface area contributed by atoms with Gasteiger partial charge in [0.15, 0.2) is 0 Å². The van der Waals surface area contributed by atoms with Crippen molar-refractivity contribution in [3.05, 3.63) is 46.7 Å². The Hall–Kier alpha value is -1.89. The number of piperazine rings is 1. The molecule has 1 aromatic carbocycles. The number of anilines is 2. The molecule has 1 fully saturated rings. The fourth-order valence-corrected chi connectivity index (χ4v) is 4.03. The van der Waals surface area contributed by atoms with Gasteiger partial charge in [0.2, 0.25) is 5.91 Å². The molecule has 26 heavy (non-hydrogen) atoms. The van der Waals surface area contributed by atoms with Crippen LogP contribution in [0.4, 0.5) is 11.4 Å². The van der Waals surface area contributed by atoms with Crippen molar-refractivity contribution in [3.8, 4) is 0 Å². The van der Waals surface area contributed by atoms with Gasteiger partial charge in [-0.05, 0) is 49.3 Å². The molecular weight excluding hydrogens is 344 g/mol. The Kier molecular flexibility index (Phi) is 6.66. The second kappa shape index (κ2) is 9.16. The monoisotopic (exact) mass is 372 g/mol. The maximum Gasteiger partial charge on any atom is 0.238 e. The molecule has 1 aliphatic heterocycles. The van der Waals surface area contributed by atoms with Gasteiger partial charge in [0.25, 0.3) is 0 Å². The maximum absolute atomic E-state index is 12.2. The van der Waals surface area contributed by atoms with Gasteiger partial charge >= 0.3 is 0 Å². The first kappa shape index (κ1) is 18.9. The third-order valence-electron chi connectivity index (χ3n) is 4.76. The van der Waals surface area contributed by atoms with Crippen molar-refractivity contribution in [2.24, 2.45) is 0 Å². The molecule has 6 heteroatoms. The summed E-state index contributed by atoms with van der Waals surface area (Å²) in [4.78, 5) is 20.4. The highest BCUT2D eigenvalue weighted by Gasteiger charge is 2.15. The number of nitrogens with one attached hydrogen (secondary N) is 1. The summed E-state index contributed by atoms with van der Waals surface area (Å²) in [5.74, 6) is 0.0216. The largest absolute Gasteiger partial charge is 0.369 e. The SMILES string of the molecule is CCN1CCN(c2ccc(NC(=O)CN(C)Cc3cccs3)cc2)CC1. The topological polar surface area (TPSA) is 38.8 Å². The summed E-state index contributed by atoms with van der Waals surface area (Å²) >= 11 is 1.72. The molecule has 1 saturated heterocycles. The first-order valence-electron chi connectivity index (χ1n) is 9.22. The van der Waals surface area contributed by atoms with Crippen molar-refractivity contribution < 1.29 is 4.79 Å². The van der Waals surface area contributed by atoms with Crippen LogP contribution in [0.3, 0.4) is 0 Å². The van der Waals surface area contributed by atoms with Crippen molar-refractivity contribution in [1.82, 2.24) is 9.80 Å². The van der Waals surface area contributed by atoms with Crippen molar-refractivity contribution >= 4 is 28.6 Å². The van der Waals surface area contributed by atoms with Crippen molar-refractivity contribution in [2.75, 3.05) is 56.5 Å². The minimum atomic E-state index is 0.0216. The predicted molar refractivity (Wildman–Crippen MR) is 110 cm³/mol. The second-order valence-corrected chi connectivity index (χ2v) is 7.80. The Morgan fingerprint density at radius 1 is 1.15 bits per heavy atom. The highest BCUT2D eigenvalue weighted by molar-refractivity contribution is 7.09. The molecule has 2 heterocycles. The third-order valence-corrected chi connectivity index (χ3v) is 5.62. The standard InChI is InChI=1S/C20H28N4OS/c1-3-23-10-12-24(13-11-23)18-8-6-17(7-9-18)21-20(25)16-22(2)15-19-5-4-14-26-19/h4-9,14H,3,10-13,15-16H2,1-2H3,(H,21,25). The van der Waals surface area contributed by atoms with E-state index in [-0.39, 0.29) is 5.91 Å². The lowest BCUT2D eigenvalue weighted by atomic mass is 10.2. The molecule has 0 aliphatic carbocycles. The average Bonchev–Trinajstić information content (AvgIpc) is 3.15. The lowest BCUT2D eigenvalue weighted by molar-refractivity contribution is -0.117. The Bertz CT molecular complexity index is 678. The average molecular weight is 373 g/mol. The highest BCUT2D eigenvalue weighted by atomic mass is 32.1. The number of amides is 1. The Morgan fingerprint density at radius 2 is 1.88 bits per heavy atom. The molecule has 3 rings (SSSR count). The number of nitrogens with zero attached hydrogens (tertiary/aromatic N) is 3. The van der Waals surface area contributed by atoms with Crippen LogP contribution in [0.5, 0.6) is 0 Å². The van der Waals surface area contributed by atoms with Crippen LogP contribution < -0.4 is 10.2 Å². The van der Waals surface area contributed by atoms with Crippen molar-refractivity contribution in [1.29, 1.82) is 0 Å². The minimum Gasteiger partial charge on any atom is -0.369 e. The molecule has 0 saturated carbocycles. The summed E-state index contributed by atoms with van der Waals surface area (Å²) in [6.07, 6.45) is 0. The lowest BCUT2D eigenvalue weighted by Crippen LogP contribution is -2.46. The number of carbonyl (C=O) groups excluding carboxylic acids is 1. The van der Waals surface area contributed by atoms with E-state index in [1.807, 2.05) is 30.1 Å². The zero-order valence-electron chi connectivity index (χ0n) is 15.6. The smallest absolute Gasteiger partial charge is 0.238 e. The Labute approximate surface area is 160 Å². The van der Waals surface area contributed by atoms with Gasteiger partial charge in [-0.2, -0.15) is 0 Å². The van der Waals surface area contributed by atoms with E-state index in [1.54, 1.807) is 11.3 Å². The Balaban J connectivity index is 1.47. The zero-order valence-corrected chi connectivity index (χ0v) is 16.5. The molecule has 5 nitrogen and oxygen atoms in total. The number of rotatable bonds is 7. The number of carbonyl (C=O) groups is 1. The lowest BCUT2D eigenvalue weighted by Gasteiger charge is -2.35. The normalized spacial score (nSPS) is 15.4. The summed E-state index contributed by atoms with van der Waals surface area (Å²) in [7, 11) is 1.97. The Morgan fingerprint density at radius 3 is 2.50 bits per heavy atom. The van der Waals surface area contributed by atoms with Gasteiger partial charge in [-0.15, -0.1) is 11.3 Å². The quantitative estimate of drug-likeness (QED) is 0.811. The molecular formula is C20H28N4OS. The van der Waals surface area contributed by atoms with E-state index in [9.17, 15) is 4.79 Å². The van der Waals surface area contributed by atoms with E-state index < -0.39 is 0 Å². The minimum absolute atomic E-state index is 0.0216. The number of hydrogen-bond acceptors (Lipinski definition) is 5. The molecule has 0 unspecified atom stereocenters. The van der Waals surface area contributed by atoms with E-state index in [0.717, 1.165) is 45.0 Å². The van der Waals surface area contributed by atoms with E-state index in [0.29, 0.717) is 6.54 Å². The second-order valence-electron chi connectivity index (χ2n) is 6.77. The van der Waals surface area contributed by atoms with Crippen LogP contribution in [-0.4, -0.2) is 62.0 Å². The van der Waals surface area contributed by atoms with Gasteiger partial charge in [-0.25, -0.2) is 0 Å². The van der Waals surface area contributed by atoms with Gasteiger partial charge in [0.1, 0.15) is 0 Å². The van der Waals surface area contributed by atoms with Gasteiger partial charge < -0.3 is 15.1 Å². The van der Waals surface area contributed by atoms with E-state index in [2.05, 4.69) is 45.6 Å². The van der Waals surface area contributed by atoms with Crippen LogP contribution in [0, 0.1) is 0 Å². The predicted octanol–water partition coefficient (Wildman–Crippen LogP) is 2.96. The van der Waals surface area contributed by atoms with Crippen LogP contribution >= 0.6 is 11.3 Å². The zero-order chi connectivity index (χ0) is 18.4. The summed E-state index contributed by atoms with van der Waals surface area (Å²) in [6, 6.07) is 12.3. The molecule has 0 radical (unpaired) electrons. The molecule has 0 spiro atoms. The summed E-state index contributed by atoms with van der Waals surface area (Å²) < 4.78 is 0. The summed E-state index contributed by atoms with van der Waals surface area (Å²) in [5, 5.41) is 5.06. The van der Waals surface area contributed by atoms with Crippen LogP contribution in [0.2, 0.25) is 0 Å². The first-order valence-corrected chi connectivity index (χ1v) is 10.1. The molecule has 1 aromatic heterocycles. The maximum atomic E-state index is 12.2. The fraction of sp³-hybridized carbons (Fsp3) is 0.450. The molecule has 1 amide bonds. The van der Waals surface area contributed by atoms with Crippen molar-refractivity contribution in [3.63, 3.8) is 0 Å². The fourth-order valence-electron chi connectivity index (χ4n) is 3.25. The van der Waals surface area contributed by atoms with Gasteiger partial charge in [0.05, 0.1) is 6.54 Å². The molecule has 1 aliphatic rings. The molecule has 0 atom stereocenters. The number of likely N-dealkylation sites (N-methyl/N-ethyl adjacent to an activating group) is 2. The molecule has 0 bridgehead atoms. The van der Waals surface area contributed by atoms with Gasteiger partial charge in [-0.3, -0.25) is 9.69 Å². The van der Waals surface area contributed by atoms with Crippen LogP contribution in [-0.2, 0) is 11.3 Å². The van der Waals surface area contributed by atoms with Gasteiger partial charge in [0, 0.05) is 49.0 Å². The van der Waals surface area contributed by atoms with Crippen LogP contribution in [0.25, 0.3) is 0 Å². The van der Waals surface area contributed by atoms with Crippen LogP contribution in [0.1, 0.15) is 11.8 Å². The van der Waals surface area contributed by atoms with Gasteiger partial charge in [-0.1, -0.05) is 13.0 Å².